The number of anilines is 3. The minimum Gasteiger partial charge on any atom is -0.371 e. The molecule has 2 rings (SSSR count). The second-order valence-electron chi connectivity index (χ2n) is 3.65. The van der Waals surface area contributed by atoms with Crippen LogP contribution in [0.5, 0.6) is 0 Å². The molecule has 0 spiro atoms. The van der Waals surface area contributed by atoms with Crippen LogP contribution in [-0.2, 0) is 0 Å². The lowest BCUT2D eigenvalue weighted by Crippen LogP contribution is -2.03. The van der Waals surface area contributed by atoms with Crippen LogP contribution >= 0.6 is 27.5 Å². The fourth-order valence-electron chi connectivity index (χ4n) is 1.45. The van der Waals surface area contributed by atoms with Gasteiger partial charge >= 0.3 is 0 Å². The van der Waals surface area contributed by atoms with Gasteiger partial charge in [-0.25, -0.2) is 13.8 Å². The molecule has 0 fully saturated rings. The lowest BCUT2D eigenvalue weighted by atomic mass is 10.3. The van der Waals surface area contributed by atoms with Crippen LogP contribution in [-0.4, -0.2) is 12.0 Å². The van der Waals surface area contributed by atoms with Gasteiger partial charge in [0.25, 0.3) is 0 Å². The van der Waals surface area contributed by atoms with E-state index < -0.39 is 11.6 Å². The van der Waals surface area contributed by atoms with Gasteiger partial charge in [0, 0.05) is 22.6 Å². The van der Waals surface area contributed by atoms with Gasteiger partial charge in [0.05, 0.1) is 5.69 Å². The van der Waals surface area contributed by atoms with Gasteiger partial charge in [0.2, 0.25) is 0 Å². The predicted molar refractivity (Wildman–Crippen MR) is 76.1 cm³/mol. The molecule has 100 valence electrons. The van der Waals surface area contributed by atoms with E-state index in [1.54, 1.807) is 18.2 Å². The molecule has 0 radical (unpaired) electrons. The Bertz CT molecular complexity index is 622. The highest BCUT2D eigenvalue weighted by molar-refractivity contribution is 9.10. The summed E-state index contributed by atoms with van der Waals surface area (Å²) in [5, 5.41) is 5.79. The molecule has 0 aliphatic rings. The number of halogens is 4. The quantitative estimate of drug-likeness (QED) is 0.854. The number of hydrogen-bond donors (Lipinski definition) is 2. The third-order valence-corrected chi connectivity index (χ3v) is 3.27. The molecule has 0 amide bonds. The van der Waals surface area contributed by atoms with Crippen molar-refractivity contribution in [2.24, 2.45) is 0 Å². The highest BCUT2D eigenvalue weighted by Crippen LogP contribution is 2.30. The molecule has 0 aliphatic heterocycles. The number of benzene rings is 1. The average molecular weight is 349 g/mol. The van der Waals surface area contributed by atoms with E-state index in [1.807, 2.05) is 0 Å². The molecule has 0 aliphatic carbocycles. The number of nitrogens with one attached hydrogen (secondary N) is 2. The summed E-state index contributed by atoms with van der Waals surface area (Å²) in [5.41, 5.74) is 0.535. The van der Waals surface area contributed by atoms with E-state index >= 15 is 0 Å². The molecule has 1 heterocycles. The van der Waals surface area contributed by atoms with Crippen LogP contribution in [0.2, 0.25) is 5.02 Å². The third kappa shape index (κ3) is 3.13. The number of rotatable bonds is 3. The second kappa shape index (κ2) is 5.71. The smallest absolute Gasteiger partial charge is 0.169 e. The van der Waals surface area contributed by atoms with Crippen LogP contribution in [0, 0.1) is 11.6 Å². The molecule has 0 saturated heterocycles. The summed E-state index contributed by atoms with van der Waals surface area (Å²) in [7, 11) is 1.50. The fourth-order valence-corrected chi connectivity index (χ4v) is 1.97. The molecule has 0 unspecified atom stereocenters. The van der Waals surface area contributed by atoms with Gasteiger partial charge in [-0.1, -0.05) is 11.6 Å². The summed E-state index contributed by atoms with van der Waals surface area (Å²) in [6.07, 6.45) is 0. The fraction of sp³-hybridized carbons (Fsp3) is 0.0833. The van der Waals surface area contributed by atoms with Gasteiger partial charge in [-0.05, 0) is 34.1 Å². The number of hydrogen-bond acceptors (Lipinski definition) is 3. The van der Waals surface area contributed by atoms with Gasteiger partial charge in [-0.3, -0.25) is 0 Å². The van der Waals surface area contributed by atoms with E-state index in [9.17, 15) is 8.78 Å². The summed E-state index contributed by atoms with van der Waals surface area (Å²) in [6.45, 7) is 0. The Balaban J connectivity index is 2.40. The summed E-state index contributed by atoms with van der Waals surface area (Å²) < 4.78 is 27.6. The molecule has 0 atom stereocenters. The van der Waals surface area contributed by atoms with E-state index in [2.05, 4.69) is 31.5 Å². The van der Waals surface area contributed by atoms with Crippen molar-refractivity contribution >= 4 is 44.9 Å². The van der Waals surface area contributed by atoms with Crippen molar-refractivity contribution in [1.29, 1.82) is 0 Å². The minimum absolute atomic E-state index is 0.0398. The Morgan fingerprint density at radius 3 is 2.53 bits per heavy atom. The van der Waals surface area contributed by atoms with Crippen molar-refractivity contribution in [2.75, 3.05) is 17.7 Å². The summed E-state index contributed by atoms with van der Waals surface area (Å²) in [4.78, 5) is 3.82. The van der Waals surface area contributed by atoms with Crippen molar-refractivity contribution < 1.29 is 8.78 Å². The standard InChI is InChI=1S/C12H9BrClF2N3/c1-17-11-8(15)5-9(16)12(19-11)18-10-4-6(14)2-3-7(10)13/h2-5H,1H3,(H2,17,18,19). The Morgan fingerprint density at radius 2 is 1.84 bits per heavy atom. The van der Waals surface area contributed by atoms with Gasteiger partial charge < -0.3 is 10.6 Å². The first-order valence-corrected chi connectivity index (χ1v) is 6.44. The molecular weight excluding hydrogens is 340 g/mol. The van der Waals surface area contributed by atoms with E-state index in [4.69, 9.17) is 11.6 Å². The molecule has 1 aromatic heterocycles. The zero-order valence-corrected chi connectivity index (χ0v) is 12.1. The molecular formula is C12H9BrClF2N3. The molecule has 7 heteroatoms. The van der Waals surface area contributed by atoms with Gasteiger partial charge in [0.15, 0.2) is 23.3 Å². The molecule has 3 nitrogen and oxygen atoms in total. The maximum absolute atomic E-state index is 13.6. The molecule has 0 bridgehead atoms. The Labute approximate surface area is 122 Å². The van der Waals surface area contributed by atoms with Crippen LogP contribution in [0.3, 0.4) is 0 Å². The largest absolute Gasteiger partial charge is 0.371 e. The van der Waals surface area contributed by atoms with Crippen LogP contribution in [0.1, 0.15) is 0 Å². The lowest BCUT2D eigenvalue weighted by molar-refractivity contribution is 0.580. The SMILES string of the molecule is CNc1nc(Nc2cc(Cl)ccc2Br)c(F)cc1F. The van der Waals surface area contributed by atoms with Crippen LogP contribution < -0.4 is 10.6 Å². The number of nitrogens with zero attached hydrogens (tertiary/aromatic N) is 1. The Morgan fingerprint density at radius 1 is 1.16 bits per heavy atom. The maximum Gasteiger partial charge on any atom is 0.169 e. The maximum atomic E-state index is 13.6. The Hall–Kier alpha value is -1.40. The Kier molecular flexibility index (Phi) is 4.21. The van der Waals surface area contributed by atoms with Crippen molar-refractivity contribution in [1.82, 2.24) is 4.98 Å². The van der Waals surface area contributed by atoms with Crippen molar-refractivity contribution in [2.45, 2.75) is 0 Å². The first-order chi connectivity index (χ1) is 9.01. The van der Waals surface area contributed by atoms with Crippen molar-refractivity contribution in [3.8, 4) is 0 Å². The molecule has 19 heavy (non-hydrogen) atoms. The molecule has 0 saturated carbocycles. The van der Waals surface area contributed by atoms with Crippen molar-refractivity contribution in [3.63, 3.8) is 0 Å². The summed E-state index contributed by atoms with van der Waals surface area (Å²) >= 11 is 9.16. The van der Waals surface area contributed by atoms with E-state index in [0.717, 1.165) is 6.07 Å². The van der Waals surface area contributed by atoms with Crippen LogP contribution in [0.15, 0.2) is 28.7 Å². The van der Waals surface area contributed by atoms with Crippen LogP contribution in [0.25, 0.3) is 0 Å². The zero-order valence-electron chi connectivity index (χ0n) is 9.77. The normalized spacial score (nSPS) is 10.4. The summed E-state index contributed by atoms with van der Waals surface area (Å²) in [5.74, 6) is -1.67. The monoisotopic (exact) mass is 347 g/mol. The number of aromatic nitrogens is 1. The summed E-state index contributed by atoms with van der Waals surface area (Å²) in [6, 6.07) is 5.77. The first kappa shape index (κ1) is 14.0. The predicted octanol–water partition coefficient (Wildman–Crippen LogP) is 4.56. The number of pyridine rings is 1. The topological polar surface area (TPSA) is 37.0 Å². The van der Waals surface area contributed by atoms with E-state index in [-0.39, 0.29) is 11.6 Å². The average Bonchev–Trinajstić information content (AvgIpc) is 2.37. The van der Waals surface area contributed by atoms with Crippen molar-refractivity contribution in [3.05, 3.63) is 45.4 Å². The van der Waals surface area contributed by atoms with Gasteiger partial charge in [-0.15, -0.1) is 0 Å². The zero-order chi connectivity index (χ0) is 14.0. The highest BCUT2D eigenvalue weighted by Gasteiger charge is 2.12. The van der Waals surface area contributed by atoms with E-state index in [1.165, 1.54) is 7.05 Å². The van der Waals surface area contributed by atoms with Crippen LogP contribution in [0.4, 0.5) is 26.1 Å². The first-order valence-electron chi connectivity index (χ1n) is 5.27. The molecule has 2 aromatic rings. The third-order valence-electron chi connectivity index (χ3n) is 2.35. The highest BCUT2D eigenvalue weighted by atomic mass is 79.9. The van der Waals surface area contributed by atoms with Gasteiger partial charge in [0.1, 0.15) is 0 Å². The lowest BCUT2D eigenvalue weighted by Gasteiger charge is -2.11. The minimum atomic E-state index is -0.789. The van der Waals surface area contributed by atoms with E-state index in [0.29, 0.717) is 15.2 Å². The molecule has 2 N–H and O–H groups in total. The second-order valence-corrected chi connectivity index (χ2v) is 4.94. The van der Waals surface area contributed by atoms with Gasteiger partial charge in [-0.2, -0.15) is 0 Å². The molecule has 1 aromatic carbocycles.